The summed E-state index contributed by atoms with van der Waals surface area (Å²) in [5.41, 5.74) is 3.64. The number of hydrogen-bond acceptors (Lipinski definition) is 4. The van der Waals surface area contributed by atoms with Gasteiger partial charge in [0.1, 0.15) is 0 Å². The summed E-state index contributed by atoms with van der Waals surface area (Å²) in [5, 5.41) is 9.39. The highest BCUT2D eigenvalue weighted by molar-refractivity contribution is 7.92. The van der Waals surface area contributed by atoms with Crippen LogP contribution in [-0.2, 0) is 10.0 Å². The number of benzene rings is 2. The Morgan fingerprint density at radius 3 is 2.45 bits per heavy atom. The summed E-state index contributed by atoms with van der Waals surface area (Å²) in [6.45, 7) is 9.37. The lowest BCUT2D eigenvalue weighted by Crippen LogP contribution is -2.35. The Kier molecular flexibility index (Phi) is 5.89. The summed E-state index contributed by atoms with van der Waals surface area (Å²) in [6.07, 6.45) is 2.15. The third-order valence-corrected chi connectivity index (χ3v) is 7.07. The number of piperidine rings is 1. The fourth-order valence-electron chi connectivity index (χ4n) is 3.86. The lowest BCUT2D eigenvalue weighted by molar-refractivity contribution is 0.0697. The predicted molar refractivity (Wildman–Crippen MR) is 115 cm³/mol. The molecule has 2 N–H and O–H groups in total. The molecule has 1 aliphatic rings. The van der Waals surface area contributed by atoms with E-state index in [0.29, 0.717) is 22.9 Å². The van der Waals surface area contributed by atoms with E-state index in [4.69, 9.17) is 0 Å². The van der Waals surface area contributed by atoms with Crippen molar-refractivity contribution in [2.45, 2.75) is 45.4 Å². The Balaban J connectivity index is 2.05. The van der Waals surface area contributed by atoms with Gasteiger partial charge in [0.15, 0.2) is 0 Å². The van der Waals surface area contributed by atoms with Crippen molar-refractivity contribution in [3.05, 3.63) is 52.6 Å². The van der Waals surface area contributed by atoms with E-state index in [-0.39, 0.29) is 10.5 Å². The highest BCUT2D eigenvalue weighted by atomic mass is 32.2. The fraction of sp³-hybridized carbons (Fsp3) is 0.409. The third-order valence-electron chi connectivity index (χ3n) is 5.57. The summed E-state index contributed by atoms with van der Waals surface area (Å²) < 4.78 is 29.0. The molecule has 7 heteroatoms. The quantitative estimate of drug-likeness (QED) is 0.757. The molecule has 0 spiro atoms. The van der Waals surface area contributed by atoms with Gasteiger partial charge in [0.05, 0.1) is 21.8 Å². The van der Waals surface area contributed by atoms with Crippen LogP contribution in [0, 0.1) is 26.7 Å². The number of aryl methyl sites for hydroxylation is 3. The molecular formula is C22H28N2O4S. The summed E-state index contributed by atoms with van der Waals surface area (Å²) in [6, 6.07) is 8.15. The maximum Gasteiger partial charge on any atom is 0.335 e. The zero-order valence-corrected chi connectivity index (χ0v) is 18.1. The van der Waals surface area contributed by atoms with Gasteiger partial charge in [-0.3, -0.25) is 4.72 Å². The normalized spacial score (nSPS) is 17.2. The Hall–Kier alpha value is -2.54. The minimum atomic E-state index is -3.87. The van der Waals surface area contributed by atoms with E-state index < -0.39 is 16.0 Å². The van der Waals surface area contributed by atoms with Crippen molar-refractivity contribution < 1.29 is 18.3 Å². The molecule has 0 bridgehead atoms. The zero-order chi connectivity index (χ0) is 21.3. The number of nitrogens with one attached hydrogen (secondary N) is 1. The minimum absolute atomic E-state index is 0.0494. The number of carboxylic acids is 1. The van der Waals surface area contributed by atoms with Crippen LogP contribution in [0.25, 0.3) is 0 Å². The Bertz CT molecular complexity index is 1050. The maximum atomic E-state index is 13.2. The topological polar surface area (TPSA) is 86.7 Å². The summed E-state index contributed by atoms with van der Waals surface area (Å²) in [5.74, 6) is -0.597. The Morgan fingerprint density at radius 1 is 1.10 bits per heavy atom. The first-order valence-corrected chi connectivity index (χ1v) is 11.3. The highest BCUT2D eigenvalue weighted by Gasteiger charge is 2.24. The number of carbonyl (C=O) groups is 1. The molecule has 1 saturated heterocycles. The van der Waals surface area contributed by atoms with Gasteiger partial charge in [-0.1, -0.05) is 13.0 Å². The predicted octanol–water partition coefficient (Wildman–Crippen LogP) is 4.35. The van der Waals surface area contributed by atoms with Crippen LogP contribution in [0.2, 0.25) is 0 Å². The van der Waals surface area contributed by atoms with Crippen molar-refractivity contribution >= 4 is 27.4 Å². The molecule has 0 unspecified atom stereocenters. The lowest BCUT2D eigenvalue weighted by atomic mass is 9.99. The number of carboxylic acid groups (broad SMARTS) is 1. The monoisotopic (exact) mass is 416 g/mol. The van der Waals surface area contributed by atoms with E-state index >= 15 is 0 Å². The highest BCUT2D eigenvalue weighted by Crippen LogP contribution is 2.33. The molecule has 156 valence electrons. The molecule has 6 nitrogen and oxygen atoms in total. The van der Waals surface area contributed by atoms with Gasteiger partial charge in [-0.15, -0.1) is 0 Å². The van der Waals surface area contributed by atoms with Crippen LogP contribution in [0.1, 0.15) is 46.8 Å². The van der Waals surface area contributed by atoms with Crippen molar-refractivity contribution in [2.75, 3.05) is 22.7 Å². The molecular weight excluding hydrogens is 388 g/mol. The molecule has 29 heavy (non-hydrogen) atoms. The van der Waals surface area contributed by atoms with Crippen molar-refractivity contribution in [1.82, 2.24) is 0 Å². The largest absolute Gasteiger partial charge is 0.478 e. The second-order valence-corrected chi connectivity index (χ2v) is 9.69. The molecule has 2 aromatic carbocycles. The van der Waals surface area contributed by atoms with Gasteiger partial charge in [-0.25, -0.2) is 13.2 Å². The number of sulfonamides is 1. The molecule has 1 aliphatic heterocycles. The van der Waals surface area contributed by atoms with Crippen molar-refractivity contribution in [3.8, 4) is 0 Å². The first kappa shape index (κ1) is 21.2. The average molecular weight is 417 g/mol. The summed E-state index contributed by atoms with van der Waals surface area (Å²) in [7, 11) is -3.87. The first-order chi connectivity index (χ1) is 13.6. The molecule has 2 aromatic rings. The molecule has 0 aromatic heterocycles. The van der Waals surface area contributed by atoms with E-state index in [9.17, 15) is 18.3 Å². The van der Waals surface area contributed by atoms with Gasteiger partial charge >= 0.3 is 5.97 Å². The second-order valence-electron chi connectivity index (χ2n) is 8.04. The molecule has 0 radical (unpaired) electrons. The van der Waals surface area contributed by atoms with E-state index in [0.717, 1.165) is 37.1 Å². The average Bonchev–Trinajstić information content (AvgIpc) is 2.64. The van der Waals surface area contributed by atoms with Crippen molar-refractivity contribution in [1.29, 1.82) is 0 Å². The van der Waals surface area contributed by atoms with Gasteiger partial charge in [-0.05, 0) is 80.5 Å². The number of hydrogen-bond donors (Lipinski definition) is 2. The molecule has 3 rings (SSSR count). The van der Waals surface area contributed by atoms with Crippen molar-refractivity contribution in [3.63, 3.8) is 0 Å². The smallest absolute Gasteiger partial charge is 0.335 e. The van der Waals surface area contributed by atoms with Gasteiger partial charge in [-0.2, -0.15) is 0 Å². The summed E-state index contributed by atoms with van der Waals surface area (Å²) in [4.78, 5) is 13.8. The van der Waals surface area contributed by atoms with Crippen LogP contribution in [0.15, 0.2) is 35.2 Å². The molecule has 1 fully saturated rings. The molecule has 0 aliphatic carbocycles. The molecule has 0 saturated carbocycles. The standard InChI is InChI=1S/C22H28N2O4S/c1-14-6-5-9-24(13-14)20-8-7-18(22(25)26)12-19(20)23-29(27,28)21-11-16(3)15(2)10-17(21)4/h7-8,10-12,14,23H,5-6,9,13H2,1-4H3,(H,25,26)/t14-/m0/s1. The van der Waals surface area contributed by atoms with E-state index in [1.54, 1.807) is 19.1 Å². The summed E-state index contributed by atoms with van der Waals surface area (Å²) >= 11 is 0. The number of rotatable bonds is 5. The van der Waals surface area contributed by atoms with Crippen LogP contribution < -0.4 is 9.62 Å². The fourth-order valence-corrected chi connectivity index (χ4v) is 5.24. The number of nitrogens with zero attached hydrogens (tertiary/aromatic N) is 1. The van der Waals surface area contributed by atoms with E-state index in [1.165, 1.54) is 12.1 Å². The SMILES string of the molecule is Cc1cc(C)c(S(=O)(=O)Nc2cc(C(=O)O)ccc2N2CCC[C@H](C)C2)cc1C. The first-order valence-electron chi connectivity index (χ1n) is 9.81. The third kappa shape index (κ3) is 4.56. The second kappa shape index (κ2) is 8.06. The van der Waals surface area contributed by atoms with Crippen LogP contribution in [0.4, 0.5) is 11.4 Å². The van der Waals surface area contributed by atoms with Crippen LogP contribution in [-0.4, -0.2) is 32.6 Å². The van der Waals surface area contributed by atoms with Gasteiger partial charge in [0.25, 0.3) is 10.0 Å². The van der Waals surface area contributed by atoms with Crippen LogP contribution in [0.3, 0.4) is 0 Å². The van der Waals surface area contributed by atoms with Gasteiger partial charge in [0, 0.05) is 13.1 Å². The zero-order valence-electron chi connectivity index (χ0n) is 17.3. The van der Waals surface area contributed by atoms with E-state index in [1.807, 2.05) is 19.9 Å². The molecule has 1 heterocycles. The van der Waals surface area contributed by atoms with Gasteiger partial charge in [0.2, 0.25) is 0 Å². The van der Waals surface area contributed by atoms with Crippen LogP contribution >= 0.6 is 0 Å². The Labute approximate surface area is 172 Å². The number of aromatic carboxylic acids is 1. The van der Waals surface area contributed by atoms with Crippen LogP contribution in [0.5, 0.6) is 0 Å². The molecule has 1 atom stereocenters. The van der Waals surface area contributed by atoms with Crippen molar-refractivity contribution in [2.24, 2.45) is 5.92 Å². The minimum Gasteiger partial charge on any atom is -0.478 e. The molecule has 0 amide bonds. The number of anilines is 2. The van der Waals surface area contributed by atoms with Gasteiger partial charge < -0.3 is 10.0 Å². The van der Waals surface area contributed by atoms with E-state index in [2.05, 4.69) is 16.5 Å². The lowest BCUT2D eigenvalue weighted by Gasteiger charge is -2.34. The maximum absolute atomic E-state index is 13.2. The Morgan fingerprint density at radius 2 is 1.79 bits per heavy atom.